The Bertz CT molecular complexity index is 302. The van der Waals surface area contributed by atoms with Crippen LogP contribution >= 0.6 is 15.6 Å². The normalized spacial score (nSPS) is 12.4. The topological polar surface area (TPSA) is 245 Å². The molecule has 0 saturated heterocycles. The summed E-state index contributed by atoms with van der Waals surface area (Å²) < 4.78 is 17.8. The monoisotopic (exact) mass is 342 g/mol. The summed E-state index contributed by atoms with van der Waals surface area (Å²) in [7, 11) is -9.28. The minimum absolute atomic E-state index is 0.520. The van der Waals surface area contributed by atoms with Gasteiger partial charge in [-0.05, 0) is 19.4 Å². The molecule has 1 atom stereocenters. The lowest BCUT2D eigenvalue weighted by Crippen LogP contribution is -2.29. The van der Waals surface area contributed by atoms with Crippen LogP contribution in [0.15, 0.2) is 0 Å². The zero-order valence-electron chi connectivity index (χ0n) is 10.3. The van der Waals surface area contributed by atoms with E-state index >= 15 is 0 Å². The second kappa shape index (κ2) is 12.4. The molecule has 0 saturated carbocycles. The molecule has 124 valence electrons. The number of rotatable bonds is 5. The number of unbranched alkanes of at least 4 members (excludes halogenated alkanes) is 1. The number of carboxylic acid groups (broad SMARTS) is 1. The average Bonchev–Trinajstić information content (AvgIpc) is 2.12. The molecular weight excluding hydrogens is 322 g/mol. The lowest BCUT2D eigenvalue weighted by atomic mass is 10.1. The number of hydrogen-bond acceptors (Lipinski definition) is 5. The Morgan fingerprint density at radius 3 is 1.45 bits per heavy atom. The largest absolute Gasteiger partial charge is 0.480 e. The molecule has 14 heteroatoms. The standard InChI is InChI=1S/C6H14N2O2.2H3O4P/c7-4-2-1-3-5(8)6(9)10;2*1-5(2,3)4/h5H,1-4,7-8H2,(H,9,10);2*(H3,1,2,3,4). The number of aliphatic carboxylic acids is 1. The quantitative estimate of drug-likeness (QED) is 0.188. The van der Waals surface area contributed by atoms with Crippen LogP contribution in [-0.2, 0) is 13.9 Å². The Morgan fingerprint density at radius 1 is 0.950 bits per heavy atom. The van der Waals surface area contributed by atoms with Gasteiger partial charge in [-0.3, -0.25) is 4.79 Å². The maximum atomic E-state index is 10.1. The van der Waals surface area contributed by atoms with E-state index in [1.807, 2.05) is 0 Å². The number of nitrogens with two attached hydrogens (primary N) is 2. The van der Waals surface area contributed by atoms with Crippen LogP contribution in [0.3, 0.4) is 0 Å². The molecule has 0 heterocycles. The van der Waals surface area contributed by atoms with Gasteiger partial charge in [0.05, 0.1) is 0 Å². The molecule has 0 aromatic rings. The minimum atomic E-state index is -4.64. The number of hydrogen-bond donors (Lipinski definition) is 9. The van der Waals surface area contributed by atoms with E-state index < -0.39 is 27.7 Å². The minimum Gasteiger partial charge on any atom is -0.480 e. The third-order valence-electron chi connectivity index (χ3n) is 1.29. The lowest BCUT2D eigenvalue weighted by molar-refractivity contribution is -0.138. The average molecular weight is 342 g/mol. The van der Waals surface area contributed by atoms with Crippen LogP contribution in [0.25, 0.3) is 0 Å². The predicted molar refractivity (Wildman–Crippen MR) is 67.0 cm³/mol. The zero-order chi connectivity index (χ0) is 17.0. The molecule has 1 unspecified atom stereocenters. The molecule has 0 aliphatic rings. The maximum absolute atomic E-state index is 10.1. The van der Waals surface area contributed by atoms with Gasteiger partial charge in [0.1, 0.15) is 6.04 Å². The van der Waals surface area contributed by atoms with E-state index in [1.165, 1.54) is 0 Å². The fourth-order valence-corrected chi connectivity index (χ4v) is 0.632. The van der Waals surface area contributed by atoms with Crippen molar-refractivity contribution >= 4 is 21.6 Å². The first-order valence-electron chi connectivity index (χ1n) is 4.93. The smallest absolute Gasteiger partial charge is 0.466 e. The van der Waals surface area contributed by atoms with E-state index in [9.17, 15) is 4.79 Å². The van der Waals surface area contributed by atoms with Crippen molar-refractivity contribution < 1.29 is 48.4 Å². The Morgan fingerprint density at radius 2 is 1.25 bits per heavy atom. The Kier molecular flexibility index (Phi) is 15.2. The van der Waals surface area contributed by atoms with E-state index in [2.05, 4.69) is 0 Å². The van der Waals surface area contributed by atoms with Crippen molar-refractivity contribution in [3.05, 3.63) is 0 Å². The molecule has 0 radical (unpaired) electrons. The fraction of sp³-hybridized carbons (Fsp3) is 0.833. The summed E-state index contributed by atoms with van der Waals surface area (Å²) >= 11 is 0. The summed E-state index contributed by atoms with van der Waals surface area (Å²) in [6.45, 7) is 0.604. The van der Waals surface area contributed by atoms with Gasteiger partial charge in [0.25, 0.3) is 0 Å². The maximum Gasteiger partial charge on any atom is 0.466 e. The summed E-state index contributed by atoms with van der Waals surface area (Å²) in [5.74, 6) is -0.933. The molecule has 20 heavy (non-hydrogen) atoms. The lowest BCUT2D eigenvalue weighted by Gasteiger charge is -2.03. The van der Waals surface area contributed by atoms with Gasteiger partial charge in [0.15, 0.2) is 0 Å². The van der Waals surface area contributed by atoms with Gasteiger partial charge in [-0.1, -0.05) is 6.42 Å². The van der Waals surface area contributed by atoms with Crippen molar-refractivity contribution in [2.24, 2.45) is 11.5 Å². The fourth-order valence-electron chi connectivity index (χ4n) is 0.632. The van der Waals surface area contributed by atoms with Crippen LogP contribution in [0.5, 0.6) is 0 Å². The first-order chi connectivity index (χ1) is 8.68. The summed E-state index contributed by atoms with van der Waals surface area (Å²) in [6.07, 6.45) is 2.16. The number of carbonyl (C=O) groups is 1. The second-order valence-electron chi connectivity index (χ2n) is 3.26. The molecule has 0 aliphatic carbocycles. The van der Waals surface area contributed by atoms with Gasteiger partial charge in [-0.25, -0.2) is 9.13 Å². The second-order valence-corrected chi connectivity index (χ2v) is 5.31. The molecule has 0 rings (SSSR count). The molecule has 12 nitrogen and oxygen atoms in total. The zero-order valence-corrected chi connectivity index (χ0v) is 12.1. The third-order valence-corrected chi connectivity index (χ3v) is 1.29. The van der Waals surface area contributed by atoms with Crippen molar-refractivity contribution in [2.45, 2.75) is 25.3 Å². The molecule has 0 bridgehead atoms. The Balaban J connectivity index is -0.000000244. The predicted octanol–water partition coefficient (Wildman–Crippen LogP) is -2.33. The molecule has 11 N–H and O–H groups in total. The molecule has 0 aliphatic heterocycles. The van der Waals surface area contributed by atoms with Gasteiger partial charge in [0, 0.05) is 0 Å². The van der Waals surface area contributed by atoms with E-state index in [0.29, 0.717) is 13.0 Å². The van der Waals surface area contributed by atoms with Crippen LogP contribution < -0.4 is 11.5 Å². The van der Waals surface area contributed by atoms with Crippen molar-refractivity contribution in [1.29, 1.82) is 0 Å². The van der Waals surface area contributed by atoms with Crippen LogP contribution in [0, 0.1) is 0 Å². The third kappa shape index (κ3) is 65.5. The molecule has 0 aromatic carbocycles. The van der Waals surface area contributed by atoms with Crippen molar-refractivity contribution in [2.75, 3.05) is 6.54 Å². The van der Waals surface area contributed by atoms with Crippen LogP contribution in [0.1, 0.15) is 19.3 Å². The Labute approximate surface area is 114 Å². The van der Waals surface area contributed by atoms with E-state index in [-0.39, 0.29) is 0 Å². The van der Waals surface area contributed by atoms with Gasteiger partial charge < -0.3 is 45.9 Å². The van der Waals surface area contributed by atoms with Gasteiger partial charge >= 0.3 is 21.6 Å². The number of carboxylic acids is 1. The van der Waals surface area contributed by atoms with Crippen molar-refractivity contribution in [3.8, 4) is 0 Å². The highest BCUT2D eigenvalue weighted by atomic mass is 31.2. The molecular formula is C6H20N2O10P2. The first-order valence-corrected chi connectivity index (χ1v) is 8.06. The molecule has 0 aromatic heterocycles. The number of phosphoric acid groups is 2. The van der Waals surface area contributed by atoms with Crippen molar-refractivity contribution in [3.63, 3.8) is 0 Å². The van der Waals surface area contributed by atoms with Gasteiger partial charge in [0.2, 0.25) is 0 Å². The first kappa shape index (κ1) is 24.6. The highest BCUT2D eigenvalue weighted by molar-refractivity contribution is 7.45. The van der Waals surface area contributed by atoms with Crippen LogP contribution in [0.4, 0.5) is 0 Å². The summed E-state index contributed by atoms with van der Waals surface area (Å²) in [5.41, 5.74) is 10.4. The SMILES string of the molecule is NCCCCC(N)C(=O)O.O=P(O)(O)O.O=P(O)(O)O. The van der Waals surface area contributed by atoms with E-state index in [0.717, 1.165) is 12.8 Å². The van der Waals surface area contributed by atoms with E-state index in [4.69, 9.17) is 55.1 Å². The molecule has 0 amide bonds. The molecule has 0 spiro atoms. The van der Waals surface area contributed by atoms with E-state index in [1.54, 1.807) is 0 Å². The Hall–Kier alpha value is -0.390. The summed E-state index contributed by atoms with van der Waals surface area (Å²) in [6, 6.07) is -0.716. The summed E-state index contributed by atoms with van der Waals surface area (Å²) in [4.78, 5) is 53.3. The van der Waals surface area contributed by atoms with Crippen LogP contribution in [0.2, 0.25) is 0 Å². The van der Waals surface area contributed by atoms with Gasteiger partial charge in [-0.2, -0.15) is 0 Å². The highest BCUT2D eigenvalue weighted by Crippen LogP contribution is 2.26. The van der Waals surface area contributed by atoms with Crippen molar-refractivity contribution in [1.82, 2.24) is 0 Å². The van der Waals surface area contributed by atoms with Gasteiger partial charge in [-0.15, -0.1) is 0 Å². The molecule has 0 fully saturated rings. The highest BCUT2D eigenvalue weighted by Gasteiger charge is 2.09. The van der Waals surface area contributed by atoms with Crippen LogP contribution in [-0.4, -0.2) is 53.0 Å². The summed E-state index contributed by atoms with van der Waals surface area (Å²) in [5, 5.41) is 8.33.